The van der Waals surface area contributed by atoms with E-state index in [1.807, 2.05) is 6.08 Å². The molecular weight excluding hydrogens is 434 g/mol. The number of hydrogen-bond donors (Lipinski definition) is 3. The minimum Gasteiger partial charge on any atom is -0.394 e. The number of hydrogen-bond acceptors (Lipinski definition) is 3. The summed E-state index contributed by atoms with van der Waals surface area (Å²) in [5.41, 5.74) is 0. The van der Waals surface area contributed by atoms with Gasteiger partial charge in [-0.05, 0) is 25.7 Å². The number of carbonyl (C=O) groups excluding carboxylic acids is 1. The van der Waals surface area contributed by atoms with Crippen LogP contribution in [-0.4, -0.2) is 34.9 Å². The Morgan fingerprint density at radius 1 is 0.657 bits per heavy atom. The molecule has 2 unspecified atom stereocenters. The van der Waals surface area contributed by atoms with E-state index in [1.54, 1.807) is 6.08 Å². The van der Waals surface area contributed by atoms with Crippen LogP contribution >= 0.6 is 0 Å². The number of unbranched alkanes of at least 4 members (excludes halogenated alkanes) is 19. The monoisotopic (exact) mass is 493 g/mol. The molecule has 0 aromatic rings. The Kier molecular flexibility index (Phi) is 26.6. The first kappa shape index (κ1) is 33.9. The topological polar surface area (TPSA) is 69.6 Å². The molecule has 0 spiro atoms. The maximum Gasteiger partial charge on any atom is 0.217 e. The SMILES string of the molecule is CCCCCCCCCCCCCCCCCCCC/C=C/CC/C=C/C(O)C(CO)NC(C)=O. The Bertz CT molecular complexity index is 503. The zero-order valence-electron chi connectivity index (χ0n) is 23.3. The van der Waals surface area contributed by atoms with E-state index in [9.17, 15) is 15.0 Å². The van der Waals surface area contributed by atoms with Gasteiger partial charge in [-0.2, -0.15) is 0 Å². The highest BCUT2D eigenvalue weighted by Crippen LogP contribution is 2.14. The van der Waals surface area contributed by atoms with Gasteiger partial charge in [-0.1, -0.05) is 140 Å². The second-order valence-electron chi connectivity index (χ2n) is 10.3. The Morgan fingerprint density at radius 3 is 1.49 bits per heavy atom. The molecule has 0 fully saturated rings. The van der Waals surface area contributed by atoms with E-state index >= 15 is 0 Å². The van der Waals surface area contributed by atoms with Gasteiger partial charge in [-0.25, -0.2) is 0 Å². The molecule has 0 heterocycles. The largest absolute Gasteiger partial charge is 0.394 e. The Labute approximate surface area is 218 Å². The minimum atomic E-state index is -0.854. The minimum absolute atomic E-state index is 0.251. The van der Waals surface area contributed by atoms with Crippen molar-refractivity contribution >= 4 is 5.91 Å². The Morgan fingerprint density at radius 2 is 1.06 bits per heavy atom. The molecule has 0 bridgehead atoms. The van der Waals surface area contributed by atoms with Crippen molar-refractivity contribution < 1.29 is 15.0 Å². The Balaban J connectivity index is 3.33. The summed E-state index contributed by atoms with van der Waals surface area (Å²) < 4.78 is 0. The third kappa shape index (κ3) is 25.8. The molecule has 4 nitrogen and oxygen atoms in total. The molecule has 0 rings (SSSR count). The summed E-state index contributed by atoms with van der Waals surface area (Å²) in [4.78, 5) is 11.0. The predicted octanol–water partition coefficient (Wildman–Crippen LogP) is 8.17. The molecule has 4 heteroatoms. The van der Waals surface area contributed by atoms with Gasteiger partial charge >= 0.3 is 0 Å². The average Bonchev–Trinajstić information content (AvgIpc) is 2.84. The molecule has 206 valence electrons. The van der Waals surface area contributed by atoms with Crippen molar-refractivity contribution in [3.63, 3.8) is 0 Å². The number of rotatable bonds is 26. The van der Waals surface area contributed by atoms with Gasteiger partial charge in [0.25, 0.3) is 0 Å². The zero-order valence-corrected chi connectivity index (χ0v) is 23.3. The van der Waals surface area contributed by atoms with E-state index in [-0.39, 0.29) is 12.5 Å². The zero-order chi connectivity index (χ0) is 25.8. The molecule has 0 aliphatic heterocycles. The normalized spacial score (nSPS) is 13.6. The molecule has 3 N–H and O–H groups in total. The van der Waals surface area contributed by atoms with E-state index in [4.69, 9.17) is 0 Å². The molecular formula is C31H59NO3. The third-order valence-corrected chi connectivity index (χ3v) is 6.72. The molecule has 0 saturated carbocycles. The van der Waals surface area contributed by atoms with Crippen LogP contribution in [0.2, 0.25) is 0 Å². The quantitative estimate of drug-likeness (QED) is 0.0840. The fourth-order valence-electron chi connectivity index (χ4n) is 4.46. The van der Waals surface area contributed by atoms with Crippen molar-refractivity contribution in [3.05, 3.63) is 24.3 Å². The highest BCUT2D eigenvalue weighted by molar-refractivity contribution is 5.73. The maximum atomic E-state index is 11.0. The van der Waals surface area contributed by atoms with Crippen LogP contribution < -0.4 is 5.32 Å². The van der Waals surface area contributed by atoms with Gasteiger partial charge in [0, 0.05) is 6.92 Å². The van der Waals surface area contributed by atoms with Gasteiger partial charge in [0.05, 0.1) is 18.8 Å². The van der Waals surface area contributed by atoms with Crippen molar-refractivity contribution in [1.29, 1.82) is 0 Å². The average molecular weight is 494 g/mol. The summed E-state index contributed by atoms with van der Waals surface area (Å²) in [7, 11) is 0. The standard InChI is InChI=1S/C31H59NO3/c1-3-4-5-6-7-8-9-10-11-12-13-14-15-16-17-18-19-20-21-22-23-24-25-26-27-31(35)30(28-33)32-29(2)34/h22-23,26-27,30-31,33,35H,3-21,24-25,28H2,1-2H3,(H,32,34)/b23-22+,27-26+. The van der Waals surface area contributed by atoms with Crippen LogP contribution in [0.4, 0.5) is 0 Å². The molecule has 0 aliphatic rings. The number of carbonyl (C=O) groups is 1. The molecule has 0 radical (unpaired) electrons. The number of aliphatic hydroxyl groups is 2. The van der Waals surface area contributed by atoms with Crippen molar-refractivity contribution in [2.75, 3.05) is 6.61 Å². The van der Waals surface area contributed by atoms with Crippen LogP contribution in [0.1, 0.15) is 149 Å². The lowest BCUT2D eigenvalue weighted by Gasteiger charge is -2.18. The summed E-state index contributed by atoms with van der Waals surface area (Å²) in [6, 6.07) is -0.635. The number of aliphatic hydroxyl groups excluding tert-OH is 2. The fraction of sp³-hybridized carbons (Fsp3) is 0.839. The lowest BCUT2D eigenvalue weighted by Crippen LogP contribution is -2.44. The summed E-state index contributed by atoms with van der Waals surface area (Å²) in [6.07, 6.45) is 35.6. The van der Waals surface area contributed by atoms with Crippen LogP contribution in [0.25, 0.3) is 0 Å². The summed E-state index contributed by atoms with van der Waals surface area (Å²) in [6.45, 7) is 3.39. The van der Waals surface area contributed by atoms with E-state index < -0.39 is 12.1 Å². The first-order valence-corrected chi connectivity index (χ1v) is 15.0. The Hall–Kier alpha value is -1.13. The molecule has 2 atom stereocenters. The van der Waals surface area contributed by atoms with Crippen molar-refractivity contribution in [3.8, 4) is 0 Å². The maximum absolute atomic E-state index is 11.0. The highest BCUT2D eigenvalue weighted by atomic mass is 16.3. The van der Waals surface area contributed by atoms with Gasteiger partial charge in [0.1, 0.15) is 0 Å². The van der Waals surface area contributed by atoms with Gasteiger partial charge in [0.15, 0.2) is 0 Å². The van der Waals surface area contributed by atoms with Crippen LogP contribution in [0, 0.1) is 0 Å². The molecule has 0 aliphatic carbocycles. The van der Waals surface area contributed by atoms with E-state index in [2.05, 4.69) is 24.4 Å². The first-order valence-electron chi connectivity index (χ1n) is 15.0. The highest BCUT2D eigenvalue weighted by Gasteiger charge is 2.15. The predicted molar refractivity (Wildman–Crippen MR) is 152 cm³/mol. The van der Waals surface area contributed by atoms with Gasteiger partial charge < -0.3 is 15.5 Å². The van der Waals surface area contributed by atoms with E-state index in [0.717, 1.165) is 19.3 Å². The third-order valence-electron chi connectivity index (χ3n) is 6.72. The number of amides is 1. The number of nitrogens with one attached hydrogen (secondary N) is 1. The number of allylic oxidation sites excluding steroid dienone is 3. The summed E-state index contributed by atoms with van der Waals surface area (Å²) >= 11 is 0. The summed E-state index contributed by atoms with van der Waals surface area (Å²) in [5.74, 6) is -0.251. The summed E-state index contributed by atoms with van der Waals surface area (Å²) in [5, 5.41) is 21.7. The van der Waals surface area contributed by atoms with Crippen molar-refractivity contribution in [2.45, 2.75) is 161 Å². The molecule has 35 heavy (non-hydrogen) atoms. The fourth-order valence-corrected chi connectivity index (χ4v) is 4.46. The molecule has 0 saturated heterocycles. The second kappa shape index (κ2) is 27.5. The van der Waals surface area contributed by atoms with Gasteiger partial charge in [-0.15, -0.1) is 0 Å². The van der Waals surface area contributed by atoms with E-state index in [1.165, 1.54) is 122 Å². The van der Waals surface area contributed by atoms with Crippen LogP contribution in [0.3, 0.4) is 0 Å². The van der Waals surface area contributed by atoms with E-state index in [0.29, 0.717) is 0 Å². The van der Waals surface area contributed by atoms with Crippen molar-refractivity contribution in [2.24, 2.45) is 0 Å². The van der Waals surface area contributed by atoms with Crippen LogP contribution in [0.15, 0.2) is 24.3 Å². The van der Waals surface area contributed by atoms with Crippen LogP contribution in [-0.2, 0) is 4.79 Å². The van der Waals surface area contributed by atoms with Crippen molar-refractivity contribution in [1.82, 2.24) is 5.32 Å². The molecule has 0 aromatic carbocycles. The van der Waals surface area contributed by atoms with Gasteiger partial charge in [-0.3, -0.25) is 4.79 Å². The lowest BCUT2D eigenvalue weighted by atomic mass is 10.0. The lowest BCUT2D eigenvalue weighted by molar-refractivity contribution is -0.120. The van der Waals surface area contributed by atoms with Crippen LogP contribution in [0.5, 0.6) is 0 Å². The first-order chi connectivity index (χ1) is 17.1. The molecule has 0 aromatic heterocycles. The second-order valence-corrected chi connectivity index (χ2v) is 10.3. The smallest absolute Gasteiger partial charge is 0.217 e. The molecule has 1 amide bonds. The van der Waals surface area contributed by atoms with Gasteiger partial charge in [0.2, 0.25) is 5.91 Å².